The summed E-state index contributed by atoms with van der Waals surface area (Å²) in [7, 11) is 0. The van der Waals surface area contributed by atoms with Crippen LogP contribution in [0.15, 0.2) is 40.8 Å². The molecule has 1 aliphatic carbocycles. The van der Waals surface area contributed by atoms with E-state index in [2.05, 4.69) is 29.0 Å². The zero-order valence-corrected chi connectivity index (χ0v) is 15.8. The molecule has 1 heterocycles. The molecule has 5 nitrogen and oxygen atoms in total. The Morgan fingerprint density at radius 2 is 2.00 bits per heavy atom. The minimum atomic E-state index is -0.518. The van der Waals surface area contributed by atoms with Crippen molar-refractivity contribution < 1.29 is 9.63 Å². The smallest absolute Gasteiger partial charge is 0.313 e. The topological polar surface area (TPSA) is 64.4 Å². The van der Waals surface area contributed by atoms with E-state index in [1.165, 1.54) is 11.8 Å². The van der Waals surface area contributed by atoms with Crippen molar-refractivity contribution >= 4 is 35.0 Å². The van der Waals surface area contributed by atoms with Crippen molar-refractivity contribution in [2.24, 2.45) is 10.6 Å². The lowest BCUT2D eigenvalue weighted by molar-refractivity contribution is 0.0514. The van der Waals surface area contributed by atoms with E-state index >= 15 is 0 Å². The number of hydrogen-bond acceptors (Lipinski definition) is 6. The summed E-state index contributed by atoms with van der Waals surface area (Å²) in [6.45, 7) is 4.29. The number of fused-ring (bicyclic) bond motifs is 1. The minimum absolute atomic E-state index is 0.0114. The Balaban J connectivity index is 1.87. The second-order valence-electron chi connectivity index (χ2n) is 6.66. The third-order valence-electron chi connectivity index (χ3n) is 3.95. The molecule has 0 saturated carbocycles. The Morgan fingerprint density at radius 3 is 2.68 bits per heavy atom. The normalized spacial score (nSPS) is 17.2. The maximum Gasteiger partial charge on any atom is 0.365 e. The van der Waals surface area contributed by atoms with Crippen molar-refractivity contribution in [3.05, 3.63) is 52.3 Å². The summed E-state index contributed by atoms with van der Waals surface area (Å²) in [6, 6.07) is 6.50. The molecule has 0 radical (unpaired) electrons. The highest BCUT2D eigenvalue weighted by Crippen LogP contribution is 2.34. The van der Waals surface area contributed by atoms with Crippen molar-refractivity contribution in [1.82, 2.24) is 9.97 Å². The van der Waals surface area contributed by atoms with Gasteiger partial charge in [-0.1, -0.05) is 42.4 Å². The van der Waals surface area contributed by atoms with Gasteiger partial charge >= 0.3 is 5.97 Å². The second-order valence-corrected chi connectivity index (χ2v) is 7.87. The van der Waals surface area contributed by atoms with Crippen LogP contribution in [-0.2, 0) is 11.3 Å². The van der Waals surface area contributed by atoms with Gasteiger partial charge in [-0.25, -0.2) is 14.8 Å². The molecular formula is C18H18ClN3O2S. The van der Waals surface area contributed by atoms with Gasteiger partial charge in [0.15, 0.2) is 5.16 Å². The van der Waals surface area contributed by atoms with Crippen LogP contribution in [0.1, 0.15) is 41.9 Å². The first-order valence-corrected chi connectivity index (χ1v) is 9.42. The minimum Gasteiger partial charge on any atom is -0.313 e. The molecule has 7 heteroatoms. The Morgan fingerprint density at radius 1 is 1.28 bits per heavy atom. The van der Waals surface area contributed by atoms with E-state index in [4.69, 9.17) is 16.4 Å². The van der Waals surface area contributed by atoms with Crippen LogP contribution in [0.25, 0.3) is 0 Å². The van der Waals surface area contributed by atoms with Crippen molar-refractivity contribution in [2.45, 2.75) is 31.8 Å². The summed E-state index contributed by atoms with van der Waals surface area (Å²) in [5.74, 6) is -0.518. The van der Waals surface area contributed by atoms with Gasteiger partial charge in [0, 0.05) is 16.8 Å². The molecule has 0 aliphatic heterocycles. The molecule has 1 aromatic carbocycles. The Kier molecular flexibility index (Phi) is 5.11. The van der Waals surface area contributed by atoms with Gasteiger partial charge in [-0.3, -0.25) is 0 Å². The molecule has 0 N–H and O–H groups in total. The van der Waals surface area contributed by atoms with Crippen LogP contribution in [0.4, 0.5) is 0 Å². The molecule has 0 spiro atoms. The van der Waals surface area contributed by atoms with Gasteiger partial charge in [0.05, 0.1) is 17.0 Å². The van der Waals surface area contributed by atoms with Crippen LogP contribution in [0.3, 0.4) is 0 Å². The average Bonchev–Trinajstić information content (AvgIpc) is 2.58. The average molecular weight is 376 g/mol. The van der Waals surface area contributed by atoms with E-state index in [0.717, 1.165) is 22.8 Å². The van der Waals surface area contributed by atoms with E-state index in [-0.39, 0.29) is 5.41 Å². The number of nitrogens with zero attached hydrogens (tertiary/aromatic N) is 3. The fraction of sp³-hybridized carbons (Fsp3) is 0.333. The van der Waals surface area contributed by atoms with Crippen LogP contribution in [0.2, 0.25) is 5.02 Å². The predicted octanol–water partition coefficient (Wildman–Crippen LogP) is 4.39. The lowest BCUT2D eigenvalue weighted by Crippen LogP contribution is -2.29. The maximum absolute atomic E-state index is 12.2. The van der Waals surface area contributed by atoms with Crippen LogP contribution in [0, 0.1) is 5.41 Å². The van der Waals surface area contributed by atoms with E-state index in [9.17, 15) is 4.79 Å². The molecule has 0 bridgehead atoms. The Bertz CT molecular complexity index is 835. The third kappa shape index (κ3) is 4.19. The van der Waals surface area contributed by atoms with Crippen molar-refractivity contribution in [2.75, 3.05) is 6.26 Å². The first kappa shape index (κ1) is 17.9. The summed E-state index contributed by atoms with van der Waals surface area (Å²) in [6.07, 6.45) is 5.23. The number of oxime groups is 1. The molecule has 1 aliphatic rings. The SMILES string of the molecule is CSc1ncc2c(n1)CC(C)(C)C/C2=N/OC(=O)c1ccc(Cl)cc1. The largest absolute Gasteiger partial charge is 0.365 e. The summed E-state index contributed by atoms with van der Waals surface area (Å²) >= 11 is 7.33. The number of aromatic nitrogens is 2. The van der Waals surface area contributed by atoms with Gasteiger partial charge in [-0.15, -0.1) is 0 Å². The van der Waals surface area contributed by atoms with Gasteiger partial charge in [0.2, 0.25) is 0 Å². The fourth-order valence-electron chi connectivity index (χ4n) is 2.75. The monoisotopic (exact) mass is 375 g/mol. The van der Waals surface area contributed by atoms with Gasteiger partial charge in [0.25, 0.3) is 0 Å². The lowest BCUT2D eigenvalue weighted by atomic mass is 9.76. The van der Waals surface area contributed by atoms with E-state index in [1.54, 1.807) is 30.5 Å². The fourth-order valence-corrected chi connectivity index (χ4v) is 3.24. The number of benzene rings is 1. The number of hydrogen-bond donors (Lipinski definition) is 0. The third-order valence-corrected chi connectivity index (χ3v) is 4.76. The zero-order chi connectivity index (χ0) is 18.0. The first-order chi connectivity index (χ1) is 11.9. The number of rotatable bonds is 3. The molecule has 0 amide bonds. The van der Waals surface area contributed by atoms with Gasteiger partial charge in [0.1, 0.15) is 0 Å². The molecule has 2 aromatic rings. The highest BCUT2D eigenvalue weighted by atomic mass is 35.5. The van der Waals surface area contributed by atoms with Crippen molar-refractivity contribution in [1.29, 1.82) is 0 Å². The number of carbonyl (C=O) groups is 1. The van der Waals surface area contributed by atoms with Crippen LogP contribution >= 0.6 is 23.4 Å². The Labute approximate surface area is 155 Å². The van der Waals surface area contributed by atoms with Gasteiger partial charge in [-0.2, -0.15) is 0 Å². The lowest BCUT2D eigenvalue weighted by Gasteiger charge is -2.30. The number of carbonyl (C=O) groups excluding carboxylic acids is 1. The summed E-state index contributed by atoms with van der Waals surface area (Å²) < 4.78 is 0. The zero-order valence-electron chi connectivity index (χ0n) is 14.2. The van der Waals surface area contributed by atoms with E-state index in [1.807, 2.05) is 6.26 Å². The molecule has 1 aromatic heterocycles. The predicted molar refractivity (Wildman–Crippen MR) is 99.3 cm³/mol. The molecular weight excluding hydrogens is 358 g/mol. The number of thioether (sulfide) groups is 1. The van der Waals surface area contributed by atoms with Gasteiger partial charge < -0.3 is 4.84 Å². The number of halogens is 1. The highest BCUT2D eigenvalue weighted by molar-refractivity contribution is 7.98. The van der Waals surface area contributed by atoms with E-state index in [0.29, 0.717) is 22.7 Å². The van der Waals surface area contributed by atoms with Gasteiger partial charge in [-0.05, 0) is 48.8 Å². The molecule has 25 heavy (non-hydrogen) atoms. The van der Waals surface area contributed by atoms with Crippen LogP contribution in [-0.4, -0.2) is 27.9 Å². The molecule has 0 fully saturated rings. The molecule has 3 rings (SSSR count). The van der Waals surface area contributed by atoms with Crippen molar-refractivity contribution in [3.8, 4) is 0 Å². The molecule has 0 unspecified atom stereocenters. The van der Waals surface area contributed by atoms with Crippen LogP contribution in [0.5, 0.6) is 0 Å². The standard InChI is InChI=1S/C18H18ClN3O2S/c1-18(2)8-14-13(10-20-17(21-14)25-3)15(9-18)22-24-16(23)11-4-6-12(19)7-5-11/h4-7,10H,8-9H2,1-3H3/b22-15-. The summed E-state index contributed by atoms with van der Waals surface area (Å²) in [4.78, 5) is 26.2. The Hall–Kier alpha value is -1.92. The van der Waals surface area contributed by atoms with Crippen molar-refractivity contribution in [3.63, 3.8) is 0 Å². The molecule has 130 valence electrons. The first-order valence-electron chi connectivity index (χ1n) is 7.82. The summed E-state index contributed by atoms with van der Waals surface area (Å²) in [5, 5.41) is 5.41. The quantitative estimate of drug-likeness (QED) is 0.344. The van der Waals surface area contributed by atoms with Crippen LogP contribution < -0.4 is 0 Å². The highest BCUT2D eigenvalue weighted by Gasteiger charge is 2.32. The molecule has 0 atom stereocenters. The maximum atomic E-state index is 12.2. The summed E-state index contributed by atoms with van der Waals surface area (Å²) in [5.41, 5.74) is 2.87. The van der Waals surface area contributed by atoms with E-state index < -0.39 is 5.97 Å². The second kappa shape index (κ2) is 7.14. The molecule has 0 saturated heterocycles.